The topological polar surface area (TPSA) is 20.2 Å². The van der Waals surface area contributed by atoms with Crippen LogP contribution in [0.15, 0.2) is 16.6 Å². The molecule has 1 aromatic carbocycles. The molecular weight excluding hydrogens is 314 g/mol. The van der Waals surface area contributed by atoms with Crippen molar-refractivity contribution in [1.29, 1.82) is 0 Å². The summed E-state index contributed by atoms with van der Waals surface area (Å²) in [5.41, 5.74) is -0.0134. The summed E-state index contributed by atoms with van der Waals surface area (Å²) in [5.74, 6) is -0.316. The molecule has 106 valence electrons. The normalized spacial score (nSPS) is 25.3. The fraction of sp³-hybridized carbons (Fsp3) is 0.600. The highest BCUT2D eigenvalue weighted by atomic mass is 79.9. The molecule has 0 heterocycles. The van der Waals surface area contributed by atoms with Gasteiger partial charge in [-0.1, -0.05) is 19.8 Å². The first-order valence-corrected chi connectivity index (χ1v) is 7.58. The van der Waals surface area contributed by atoms with E-state index in [0.717, 1.165) is 25.7 Å². The van der Waals surface area contributed by atoms with Gasteiger partial charge in [-0.15, -0.1) is 0 Å². The largest absolute Gasteiger partial charge is 0.392 e. The number of rotatable bonds is 3. The number of halogens is 3. The highest BCUT2D eigenvalue weighted by Crippen LogP contribution is 2.32. The van der Waals surface area contributed by atoms with Gasteiger partial charge in [0.15, 0.2) is 0 Å². The van der Waals surface area contributed by atoms with Gasteiger partial charge in [-0.2, -0.15) is 0 Å². The molecule has 0 amide bonds. The zero-order valence-corrected chi connectivity index (χ0v) is 12.6. The van der Waals surface area contributed by atoms with E-state index in [-0.39, 0.29) is 22.4 Å². The van der Waals surface area contributed by atoms with Crippen LogP contribution in [0.1, 0.15) is 38.2 Å². The molecule has 1 aliphatic carbocycles. The maximum Gasteiger partial charge on any atom is 0.143 e. The smallest absolute Gasteiger partial charge is 0.143 e. The maximum absolute atomic E-state index is 13.9. The van der Waals surface area contributed by atoms with Crippen molar-refractivity contribution >= 4 is 15.9 Å². The number of hydrogen-bond donors (Lipinski definition) is 1. The van der Waals surface area contributed by atoms with Crippen LogP contribution in [0.5, 0.6) is 0 Å². The molecule has 4 heteroatoms. The highest BCUT2D eigenvalue weighted by Gasteiger charge is 2.26. The fourth-order valence-corrected chi connectivity index (χ4v) is 3.17. The second kappa shape index (κ2) is 6.31. The van der Waals surface area contributed by atoms with Gasteiger partial charge in [-0.05, 0) is 52.7 Å². The van der Waals surface area contributed by atoms with Crippen LogP contribution in [0, 0.1) is 23.5 Å². The predicted octanol–water partition coefficient (Wildman–Crippen LogP) is 4.46. The van der Waals surface area contributed by atoms with Crippen LogP contribution in [-0.2, 0) is 6.42 Å². The Morgan fingerprint density at radius 1 is 1.26 bits per heavy atom. The maximum atomic E-state index is 13.9. The summed E-state index contributed by atoms with van der Waals surface area (Å²) in [5, 5.41) is 10.2. The van der Waals surface area contributed by atoms with Crippen molar-refractivity contribution in [3.63, 3.8) is 0 Å². The first-order chi connectivity index (χ1) is 8.99. The molecular formula is C15H19BrF2O. The molecule has 1 nitrogen and oxygen atoms in total. The molecule has 0 spiro atoms. The zero-order valence-electron chi connectivity index (χ0n) is 11.0. The lowest BCUT2D eigenvalue weighted by Gasteiger charge is -2.30. The highest BCUT2D eigenvalue weighted by molar-refractivity contribution is 9.10. The van der Waals surface area contributed by atoms with Crippen molar-refractivity contribution in [2.45, 2.75) is 45.1 Å². The van der Waals surface area contributed by atoms with Crippen molar-refractivity contribution in [1.82, 2.24) is 0 Å². The zero-order chi connectivity index (χ0) is 14.0. The van der Waals surface area contributed by atoms with E-state index in [9.17, 15) is 13.9 Å². The van der Waals surface area contributed by atoms with Gasteiger partial charge in [0.1, 0.15) is 11.6 Å². The molecule has 1 fully saturated rings. The SMILES string of the molecule is CC1CCC(C(O)Cc2c(F)ccc(Br)c2F)CC1. The van der Waals surface area contributed by atoms with Crippen LogP contribution in [0.2, 0.25) is 0 Å². The molecule has 19 heavy (non-hydrogen) atoms. The van der Waals surface area contributed by atoms with Crippen molar-refractivity contribution in [2.75, 3.05) is 0 Å². The summed E-state index contributed by atoms with van der Waals surface area (Å²) < 4.78 is 27.7. The van der Waals surface area contributed by atoms with Gasteiger partial charge >= 0.3 is 0 Å². The van der Waals surface area contributed by atoms with E-state index in [4.69, 9.17) is 0 Å². The predicted molar refractivity (Wildman–Crippen MR) is 74.9 cm³/mol. The lowest BCUT2D eigenvalue weighted by molar-refractivity contribution is 0.0746. The lowest BCUT2D eigenvalue weighted by Crippen LogP contribution is -2.27. The van der Waals surface area contributed by atoms with E-state index in [0.29, 0.717) is 5.92 Å². The summed E-state index contributed by atoms with van der Waals surface area (Å²) in [4.78, 5) is 0. The van der Waals surface area contributed by atoms with Crippen LogP contribution in [0.4, 0.5) is 8.78 Å². The van der Waals surface area contributed by atoms with E-state index >= 15 is 0 Å². The van der Waals surface area contributed by atoms with Gasteiger partial charge in [0.2, 0.25) is 0 Å². The van der Waals surface area contributed by atoms with E-state index in [1.807, 2.05) is 0 Å². The average Bonchev–Trinajstić information content (AvgIpc) is 2.40. The molecule has 1 aromatic rings. The Balaban J connectivity index is 2.07. The van der Waals surface area contributed by atoms with Gasteiger partial charge < -0.3 is 5.11 Å². The Morgan fingerprint density at radius 3 is 2.53 bits per heavy atom. The van der Waals surface area contributed by atoms with Crippen LogP contribution < -0.4 is 0 Å². The minimum atomic E-state index is -0.661. The van der Waals surface area contributed by atoms with Gasteiger partial charge in [0.25, 0.3) is 0 Å². The number of hydrogen-bond acceptors (Lipinski definition) is 1. The second-order valence-corrected chi connectivity index (χ2v) is 6.47. The Morgan fingerprint density at radius 2 is 1.89 bits per heavy atom. The standard InChI is InChI=1S/C15H19BrF2O/c1-9-2-4-10(5-3-9)14(19)8-11-13(17)7-6-12(16)15(11)18/h6-7,9-10,14,19H,2-5,8H2,1H3. The summed E-state index contributed by atoms with van der Waals surface area (Å²) in [6.07, 6.45) is 3.46. The first-order valence-electron chi connectivity index (χ1n) is 6.79. The third-order valence-electron chi connectivity index (χ3n) is 4.16. The molecule has 0 aromatic heterocycles. The number of aliphatic hydroxyl groups excluding tert-OH is 1. The Labute approximate surface area is 121 Å². The second-order valence-electron chi connectivity index (χ2n) is 5.61. The third-order valence-corrected chi connectivity index (χ3v) is 4.77. The van der Waals surface area contributed by atoms with Crippen molar-refractivity contribution in [3.05, 3.63) is 33.8 Å². The number of aliphatic hydroxyl groups is 1. The molecule has 1 saturated carbocycles. The molecule has 1 aliphatic rings. The molecule has 1 unspecified atom stereocenters. The summed E-state index contributed by atoms with van der Waals surface area (Å²) in [6, 6.07) is 2.58. The van der Waals surface area contributed by atoms with E-state index in [2.05, 4.69) is 22.9 Å². The van der Waals surface area contributed by atoms with Crippen molar-refractivity contribution < 1.29 is 13.9 Å². The monoisotopic (exact) mass is 332 g/mol. The first kappa shape index (κ1) is 14.9. The van der Waals surface area contributed by atoms with Crippen LogP contribution in [-0.4, -0.2) is 11.2 Å². The van der Waals surface area contributed by atoms with Gasteiger partial charge in [0, 0.05) is 12.0 Å². The van der Waals surface area contributed by atoms with E-state index in [1.54, 1.807) is 0 Å². The Bertz CT molecular complexity index is 442. The van der Waals surface area contributed by atoms with E-state index < -0.39 is 17.7 Å². The fourth-order valence-electron chi connectivity index (χ4n) is 2.80. The molecule has 0 aliphatic heterocycles. The van der Waals surface area contributed by atoms with E-state index in [1.165, 1.54) is 12.1 Å². The minimum Gasteiger partial charge on any atom is -0.392 e. The van der Waals surface area contributed by atoms with Gasteiger partial charge in [-0.25, -0.2) is 8.78 Å². The van der Waals surface area contributed by atoms with Gasteiger partial charge in [-0.3, -0.25) is 0 Å². The Kier molecular flexibility index (Phi) is 4.96. The minimum absolute atomic E-state index is 0.0134. The van der Waals surface area contributed by atoms with Crippen LogP contribution >= 0.6 is 15.9 Å². The van der Waals surface area contributed by atoms with Crippen LogP contribution in [0.3, 0.4) is 0 Å². The summed E-state index contributed by atoms with van der Waals surface area (Å²) in [6.45, 7) is 2.20. The quantitative estimate of drug-likeness (QED) is 0.810. The summed E-state index contributed by atoms with van der Waals surface area (Å²) >= 11 is 3.05. The lowest BCUT2D eigenvalue weighted by atomic mass is 9.79. The third kappa shape index (κ3) is 3.54. The van der Waals surface area contributed by atoms with Crippen molar-refractivity contribution in [3.8, 4) is 0 Å². The molecule has 1 atom stereocenters. The molecule has 1 N–H and O–H groups in total. The molecule has 2 rings (SSSR count). The molecule has 0 saturated heterocycles. The van der Waals surface area contributed by atoms with Crippen LogP contribution in [0.25, 0.3) is 0 Å². The number of benzene rings is 1. The van der Waals surface area contributed by atoms with Crippen molar-refractivity contribution in [2.24, 2.45) is 11.8 Å². The Hall–Kier alpha value is -0.480. The molecule has 0 bridgehead atoms. The summed E-state index contributed by atoms with van der Waals surface area (Å²) in [7, 11) is 0. The molecule has 0 radical (unpaired) electrons. The average molecular weight is 333 g/mol. The van der Waals surface area contributed by atoms with Gasteiger partial charge in [0.05, 0.1) is 10.6 Å².